The van der Waals surface area contributed by atoms with Crippen LogP contribution in [0.2, 0.25) is 0 Å². The van der Waals surface area contributed by atoms with Crippen LogP contribution in [0.15, 0.2) is 30.5 Å². The predicted octanol–water partition coefficient (Wildman–Crippen LogP) is 1.08. The van der Waals surface area contributed by atoms with Crippen molar-refractivity contribution in [2.45, 2.75) is 6.92 Å². The van der Waals surface area contributed by atoms with E-state index in [-0.39, 0.29) is 5.91 Å². The monoisotopic (exact) mass is 258 g/mol. The Morgan fingerprint density at radius 1 is 1.32 bits per heavy atom. The van der Waals surface area contributed by atoms with Crippen LogP contribution in [0, 0.1) is 6.92 Å². The number of nitrogens with two attached hydrogens (primary N) is 1. The van der Waals surface area contributed by atoms with Crippen LogP contribution in [0.4, 0.5) is 5.69 Å². The summed E-state index contributed by atoms with van der Waals surface area (Å²) in [6, 6.07) is 6.62. The molecule has 19 heavy (non-hydrogen) atoms. The van der Waals surface area contributed by atoms with E-state index in [0.717, 1.165) is 5.56 Å². The molecule has 6 nitrogen and oxygen atoms in total. The Hall–Kier alpha value is -2.63. The smallest absolute Gasteiger partial charge is 0.273 e. The van der Waals surface area contributed by atoms with E-state index in [0.29, 0.717) is 16.9 Å². The topological polar surface area (TPSA) is 90.0 Å². The molecule has 2 aromatic rings. The summed E-state index contributed by atoms with van der Waals surface area (Å²) in [6.07, 6.45) is 1.54. The van der Waals surface area contributed by atoms with Gasteiger partial charge in [-0.15, -0.1) is 0 Å². The van der Waals surface area contributed by atoms with Crippen LogP contribution in [0.3, 0.4) is 0 Å². The summed E-state index contributed by atoms with van der Waals surface area (Å²) in [7, 11) is 1.68. The van der Waals surface area contributed by atoms with Crippen molar-refractivity contribution in [2.75, 3.05) is 5.32 Å². The van der Waals surface area contributed by atoms with Gasteiger partial charge in [0.05, 0.1) is 0 Å². The average molecular weight is 258 g/mol. The lowest BCUT2D eigenvalue weighted by atomic mass is 10.1. The van der Waals surface area contributed by atoms with Crippen LogP contribution < -0.4 is 11.1 Å². The van der Waals surface area contributed by atoms with E-state index >= 15 is 0 Å². The first-order valence-electron chi connectivity index (χ1n) is 5.69. The third-order valence-corrected chi connectivity index (χ3v) is 2.81. The Balaban J connectivity index is 2.25. The molecule has 0 unspecified atom stereocenters. The number of benzene rings is 1. The number of aryl methyl sites for hydroxylation is 2. The fourth-order valence-electron chi connectivity index (χ4n) is 1.76. The third kappa shape index (κ3) is 2.62. The molecule has 0 bridgehead atoms. The van der Waals surface area contributed by atoms with Crippen molar-refractivity contribution in [1.29, 1.82) is 0 Å². The molecule has 3 N–H and O–H groups in total. The van der Waals surface area contributed by atoms with Crippen LogP contribution in [0.1, 0.15) is 26.4 Å². The van der Waals surface area contributed by atoms with Crippen LogP contribution in [-0.2, 0) is 7.05 Å². The molecule has 0 aliphatic rings. The minimum absolute atomic E-state index is 0.292. The molecule has 1 heterocycles. The predicted molar refractivity (Wildman–Crippen MR) is 70.9 cm³/mol. The SMILES string of the molecule is Cc1ccc(NC(=O)c2ccnn2C)cc1C(N)=O. The van der Waals surface area contributed by atoms with Gasteiger partial charge in [0.15, 0.2) is 0 Å². The molecule has 1 aromatic heterocycles. The molecule has 0 aliphatic carbocycles. The molecule has 98 valence electrons. The summed E-state index contributed by atoms with van der Waals surface area (Å²) < 4.78 is 1.47. The molecular weight excluding hydrogens is 244 g/mol. The summed E-state index contributed by atoms with van der Waals surface area (Å²) in [4.78, 5) is 23.2. The average Bonchev–Trinajstić information content (AvgIpc) is 2.77. The number of hydrogen-bond donors (Lipinski definition) is 2. The number of aromatic nitrogens is 2. The van der Waals surface area contributed by atoms with Gasteiger partial charge in [0, 0.05) is 24.5 Å². The third-order valence-electron chi connectivity index (χ3n) is 2.81. The van der Waals surface area contributed by atoms with Crippen LogP contribution >= 0.6 is 0 Å². The molecule has 0 saturated carbocycles. The van der Waals surface area contributed by atoms with E-state index in [1.165, 1.54) is 4.68 Å². The quantitative estimate of drug-likeness (QED) is 0.863. The van der Waals surface area contributed by atoms with Crippen molar-refractivity contribution in [3.63, 3.8) is 0 Å². The number of carbonyl (C=O) groups excluding carboxylic acids is 2. The van der Waals surface area contributed by atoms with Gasteiger partial charge < -0.3 is 11.1 Å². The van der Waals surface area contributed by atoms with Gasteiger partial charge in [-0.1, -0.05) is 6.07 Å². The molecule has 6 heteroatoms. The molecule has 2 rings (SSSR count). The summed E-state index contributed by atoms with van der Waals surface area (Å²) in [6.45, 7) is 1.78. The van der Waals surface area contributed by atoms with Crippen LogP contribution in [-0.4, -0.2) is 21.6 Å². The number of carbonyl (C=O) groups is 2. The second-order valence-electron chi connectivity index (χ2n) is 4.19. The van der Waals surface area contributed by atoms with E-state index in [1.54, 1.807) is 44.4 Å². The van der Waals surface area contributed by atoms with Gasteiger partial charge in [0.1, 0.15) is 5.69 Å². The Kier molecular flexibility index (Phi) is 3.33. The van der Waals surface area contributed by atoms with Gasteiger partial charge in [-0.05, 0) is 30.7 Å². The first-order chi connectivity index (χ1) is 8.99. The Bertz CT molecular complexity index is 646. The van der Waals surface area contributed by atoms with Gasteiger partial charge >= 0.3 is 0 Å². The van der Waals surface area contributed by atoms with Crippen molar-refractivity contribution in [2.24, 2.45) is 12.8 Å². The van der Waals surface area contributed by atoms with Crippen LogP contribution in [0.5, 0.6) is 0 Å². The maximum Gasteiger partial charge on any atom is 0.273 e. The van der Waals surface area contributed by atoms with Gasteiger partial charge in [0.25, 0.3) is 5.91 Å². The molecule has 2 amide bonds. The normalized spacial score (nSPS) is 10.2. The Morgan fingerprint density at radius 2 is 2.05 bits per heavy atom. The van der Waals surface area contributed by atoms with Crippen LogP contribution in [0.25, 0.3) is 0 Å². The minimum atomic E-state index is -0.519. The molecule has 0 fully saturated rings. The minimum Gasteiger partial charge on any atom is -0.366 e. The first-order valence-corrected chi connectivity index (χ1v) is 5.69. The molecule has 0 aliphatic heterocycles. The van der Waals surface area contributed by atoms with Gasteiger partial charge in [-0.2, -0.15) is 5.10 Å². The number of hydrogen-bond acceptors (Lipinski definition) is 3. The van der Waals surface area contributed by atoms with E-state index in [4.69, 9.17) is 5.73 Å². The molecule has 0 radical (unpaired) electrons. The summed E-state index contributed by atoms with van der Waals surface area (Å²) in [5.74, 6) is -0.812. The lowest BCUT2D eigenvalue weighted by molar-refractivity contribution is 0.0994. The number of anilines is 1. The zero-order chi connectivity index (χ0) is 14.0. The summed E-state index contributed by atoms with van der Waals surface area (Å²) in [5, 5.41) is 6.62. The van der Waals surface area contributed by atoms with Crippen molar-refractivity contribution in [1.82, 2.24) is 9.78 Å². The summed E-state index contributed by atoms with van der Waals surface area (Å²) in [5.41, 5.74) is 7.38. The largest absolute Gasteiger partial charge is 0.366 e. The number of nitrogens with one attached hydrogen (secondary N) is 1. The van der Waals surface area contributed by atoms with Crippen molar-refractivity contribution >= 4 is 17.5 Å². The lowest BCUT2D eigenvalue weighted by Crippen LogP contribution is -2.17. The van der Waals surface area contributed by atoms with Crippen molar-refractivity contribution < 1.29 is 9.59 Å². The number of amides is 2. The number of nitrogens with zero attached hydrogens (tertiary/aromatic N) is 2. The fraction of sp³-hybridized carbons (Fsp3) is 0.154. The standard InChI is InChI=1S/C13H14N4O2/c1-8-3-4-9(7-10(8)12(14)18)16-13(19)11-5-6-15-17(11)2/h3-7H,1-2H3,(H2,14,18)(H,16,19). The highest BCUT2D eigenvalue weighted by Gasteiger charge is 2.12. The first kappa shape index (κ1) is 12.8. The van der Waals surface area contributed by atoms with Gasteiger partial charge in [-0.25, -0.2) is 0 Å². The Morgan fingerprint density at radius 3 is 2.63 bits per heavy atom. The maximum atomic E-state index is 12.0. The molecular formula is C13H14N4O2. The number of primary amides is 1. The molecule has 0 spiro atoms. The molecule has 0 saturated heterocycles. The van der Waals surface area contributed by atoms with E-state index in [9.17, 15) is 9.59 Å². The van der Waals surface area contributed by atoms with E-state index in [1.807, 2.05) is 0 Å². The number of rotatable bonds is 3. The summed E-state index contributed by atoms with van der Waals surface area (Å²) >= 11 is 0. The highest BCUT2D eigenvalue weighted by molar-refractivity contribution is 6.04. The van der Waals surface area contributed by atoms with E-state index in [2.05, 4.69) is 10.4 Å². The molecule has 1 aromatic carbocycles. The lowest BCUT2D eigenvalue weighted by Gasteiger charge is -2.08. The fourth-order valence-corrected chi connectivity index (χ4v) is 1.76. The van der Waals surface area contributed by atoms with Gasteiger partial charge in [0.2, 0.25) is 5.91 Å². The zero-order valence-corrected chi connectivity index (χ0v) is 10.7. The van der Waals surface area contributed by atoms with Crippen molar-refractivity contribution in [3.05, 3.63) is 47.3 Å². The Labute approximate surface area is 110 Å². The highest BCUT2D eigenvalue weighted by atomic mass is 16.2. The second-order valence-corrected chi connectivity index (χ2v) is 4.19. The highest BCUT2D eigenvalue weighted by Crippen LogP contribution is 2.15. The zero-order valence-electron chi connectivity index (χ0n) is 10.7. The molecule has 0 atom stereocenters. The maximum absolute atomic E-state index is 12.0. The van der Waals surface area contributed by atoms with Crippen molar-refractivity contribution in [3.8, 4) is 0 Å². The van der Waals surface area contributed by atoms with E-state index < -0.39 is 5.91 Å². The second kappa shape index (κ2) is 4.93. The van der Waals surface area contributed by atoms with Gasteiger partial charge in [-0.3, -0.25) is 14.3 Å².